The molecule has 0 spiro atoms. The molecule has 1 N–H and O–H groups in total. The number of ether oxygens (including phenoxy) is 1. The lowest BCUT2D eigenvalue weighted by Gasteiger charge is -2.27. The standard InChI is InChI=1S/C15H20N2O2/c1-19-14-5-3-2-4-11(14)12-10-13(12)15(18)17-8-6-16-7-9-17/h2-5,12-13,16H,6-10H2,1H3/t12-,13-/m1/s1. The molecule has 1 aromatic carbocycles. The number of piperazine rings is 1. The Kier molecular flexibility index (Phi) is 3.42. The molecule has 2 aliphatic rings. The molecule has 2 fully saturated rings. The van der Waals surface area contributed by atoms with E-state index in [0.717, 1.165) is 38.3 Å². The molecule has 0 unspecified atom stereocenters. The normalized spacial score (nSPS) is 26.1. The minimum Gasteiger partial charge on any atom is -0.496 e. The van der Waals surface area contributed by atoms with Crippen LogP contribution in [0.4, 0.5) is 0 Å². The van der Waals surface area contributed by atoms with Gasteiger partial charge in [-0.2, -0.15) is 0 Å². The molecule has 3 rings (SSSR count). The summed E-state index contributed by atoms with van der Waals surface area (Å²) in [5.41, 5.74) is 1.18. The molecule has 1 amide bonds. The van der Waals surface area contributed by atoms with Gasteiger partial charge < -0.3 is 15.0 Å². The molecule has 0 bridgehead atoms. The molecular formula is C15H20N2O2. The number of nitrogens with one attached hydrogen (secondary N) is 1. The van der Waals surface area contributed by atoms with Crippen molar-refractivity contribution in [2.24, 2.45) is 5.92 Å². The first-order valence-electron chi connectivity index (χ1n) is 6.93. The Morgan fingerprint density at radius 1 is 1.32 bits per heavy atom. The van der Waals surface area contributed by atoms with E-state index in [1.54, 1.807) is 7.11 Å². The summed E-state index contributed by atoms with van der Waals surface area (Å²) in [6.07, 6.45) is 0.961. The largest absolute Gasteiger partial charge is 0.496 e. The highest BCUT2D eigenvalue weighted by Crippen LogP contribution is 2.51. The third-order valence-corrected chi connectivity index (χ3v) is 4.07. The zero-order valence-electron chi connectivity index (χ0n) is 11.3. The first-order chi connectivity index (χ1) is 9.31. The molecular weight excluding hydrogens is 240 g/mol. The predicted octanol–water partition coefficient (Wildman–Crippen LogP) is 1.23. The number of methoxy groups -OCH3 is 1. The number of hydrogen-bond acceptors (Lipinski definition) is 3. The van der Waals surface area contributed by atoms with Crippen LogP contribution in [-0.4, -0.2) is 44.1 Å². The molecule has 4 nitrogen and oxygen atoms in total. The Labute approximate surface area is 113 Å². The fourth-order valence-electron chi connectivity index (χ4n) is 2.90. The van der Waals surface area contributed by atoms with E-state index in [1.807, 2.05) is 23.1 Å². The van der Waals surface area contributed by atoms with E-state index in [-0.39, 0.29) is 5.92 Å². The van der Waals surface area contributed by atoms with Crippen LogP contribution in [0.1, 0.15) is 17.9 Å². The maximum Gasteiger partial charge on any atom is 0.226 e. The SMILES string of the molecule is COc1ccccc1[C@H]1C[C@H]1C(=O)N1CCNCC1. The second kappa shape index (κ2) is 5.21. The summed E-state index contributed by atoms with van der Waals surface area (Å²) in [5, 5.41) is 3.28. The van der Waals surface area contributed by atoms with E-state index < -0.39 is 0 Å². The summed E-state index contributed by atoms with van der Waals surface area (Å²) in [6, 6.07) is 8.04. The minimum atomic E-state index is 0.161. The Morgan fingerprint density at radius 3 is 2.79 bits per heavy atom. The first kappa shape index (κ1) is 12.5. The maximum absolute atomic E-state index is 12.4. The highest BCUT2D eigenvalue weighted by Gasteiger charge is 2.46. The maximum atomic E-state index is 12.4. The number of carbonyl (C=O) groups is 1. The summed E-state index contributed by atoms with van der Waals surface area (Å²) in [4.78, 5) is 14.4. The summed E-state index contributed by atoms with van der Waals surface area (Å²) >= 11 is 0. The number of carbonyl (C=O) groups excluding carboxylic acids is 1. The van der Waals surface area contributed by atoms with Crippen LogP contribution in [0.25, 0.3) is 0 Å². The van der Waals surface area contributed by atoms with Gasteiger partial charge in [0, 0.05) is 32.1 Å². The molecule has 1 aliphatic carbocycles. The van der Waals surface area contributed by atoms with Crippen LogP contribution in [0.5, 0.6) is 5.75 Å². The number of benzene rings is 1. The molecule has 1 heterocycles. The number of nitrogens with zero attached hydrogens (tertiary/aromatic N) is 1. The van der Waals surface area contributed by atoms with Crippen LogP contribution in [0.2, 0.25) is 0 Å². The van der Waals surface area contributed by atoms with Gasteiger partial charge in [0.05, 0.1) is 7.11 Å². The van der Waals surface area contributed by atoms with Gasteiger partial charge in [0.25, 0.3) is 0 Å². The smallest absolute Gasteiger partial charge is 0.226 e. The summed E-state index contributed by atoms with van der Waals surface area (Å²) < 4.78 is 5.39. The number of amides is 1. The van der Waals surface area contributed by atoms with Gasteiger partial charge in [-0.1, -0.05) is 18.2 Å². The minimum absolute atomic E-state index is 0.161. The van der Waals surface area contributed by atoms with Gasteiger partial charge in [0.15, 0.2) is 0 Å². The van der Waals surface area contributed by atoms with Crippen molar-refractivity contribution in [3.05, 3.63) is 29.8 Å². The van der Waals surface area contributed by atoms with E-state index in [4.69, 9.17) is 4.74 Å². The van der Waals surface area contributed by atoms with Crippen molar-refractivity contribution in [3.8, 4) is 5.75 Å². The average Bonchev–Trinajstić information content (AvgIpc) is 3.27. The quantitative estimate of drug-likeness (QED) is 0.889. The Hall–Kier alpha value is -1.55. The molecule has 102 valence electrons. The van der Waals surface area contributed by atoms with Crippen LogP contribution < -0.4 is 10.1 Å². The van der Waals surface area contributed by atoms with Crippen LogP contribution in [0.3, 0.4) is 0 Å². The van der Waals surface area contributed by atoms with Gasteiger partial charge in [-0.05, 0) is 24.0 Å². The highest BCUT2D eigenvalue weighted by atomic mass is 16.5. The molecule has 2 atom stereocenters. The third kappa shape index (κ3) is 2.45. The summed E-state index contributed by atoms with van der Waals surface area (Å²) in [5.74, 6) is 1.73. The highest BCUT2D eigenvalue weighted by molar-refractivity contribution is 5.83. The van der Waals surface area contributed by atoms with Gasteiger partial charge in [-0.25, -0.2) is 0 Å². The summed E-state index contributed by atoms with van der Waals surface area (Å²) in [7, 11) is 1.69. The molecule has 1 saturated carbocycles. The number of para-hydroxylation sites is 1. The Bertz CT molecular complexity index is 469. The van der Waals surface area contributed by atoms with Crippen molar-refractivity contribution >= 4 is 5.91 Å². The van der Waals surface area contributed by atoms with Crippen LogP contribution in [0.15, 0.2) is 24.3 Å². The van der Waals surface area contributed by atoms with Gasteiger partial charge in [-0.3, -0.25) is 4.79 Å². The van der Waals surface area contributed by atoms with Crippen LogP contribution in [-0.2, 0) is 4.79 Å². The van der Waals surface area contributed by atoms with E-state index in [1.165, 1.54) is 5.56 Å². The zero-order chi connectivity index (χ0) is 13.2. The average molecular weight is 260 g/mol. The zero-order valence-corrected chi connectivity index (χ0v) is 11.3. The van der Waals surface area contributed by atoms with Crippen molar-refractivity contribution in [1.82, 2.24) is 10.2 Å². The molecule has 1 aromatic rings. The Balaban J connectivity index is 1.68. The lowest BCUT2D eigenvalue weighted by molar-refractivity contribution is -0.133. The second-order valence-electron chi connectivity index (χ2n) is 5.27. The van der Waals surface area contributed by atoms with E-state index >= 15 is 0 Å². The van der Waals surface area contributed by atoms with Gasteiger partial charge in [-0.15, -0.1) is 0 Å². The number of hydrogen-bond donors (Lipinski definition) is 1. The van der Waals surface area contributed by atoms with E-state index in [9.17, 15) is 4.79 Å². The molecule has 1 saturated heterocycles. The lowest BCUT2D eigenvalue weighted by Crippen LogP contribution is -2.47. The monoisotopic (exact) mass is 260 g/mol. The van der Waals surface area contributed by atoms with E-state index in [2.05, 4.69) is 11.4 Å². The molecule has 1 aliphatic heterocycles. The van der Waals surface area contributed by atoms with Gasteiger partial charge >= 0.3 is 0 Å². The Morgan fingerprint density at radius 2 is 2.05 bits per heavy atom. The van der Waals surface area contributed by atoms with Crippen molar-refractivity contribution in [2.45, 2.75) is 12.3 Å². The fraction of sp³-hybridized carbons (Fsp3) is 0.533. The molecule has 0 radical (unpaired) electrons. The van der Waals surface area contributed by atoms with Gasteiger partial charge in [0.1, 0.15) is 5.75 Å². The first-order valence-corrected chi connectivity index (χ1v) is 6.93. The van der Waals surface area contributed by atoms with Crippen LogP contribution >= 0.6 is 0 Å². The molecule has 4 heteroatoms. The predicted molar refractivity (Wildman–Crippen MR) is 73.3 cm³/mol. The van der Waals surface area contributed by atoms with Crippen molar-refractivity contribution in [2.75, 3.05) is 33.3 Å². The van der Waals surface area contributed by atoms with Crippen molar-refractivity contribution in [1.29, 1.82) is 0 Å². The van der Waals surface area contributed by atoms with Crippen molar-refractivity contribution in [3.63, 3.8) is 0 Å². The third-order valence-electron chi connectivity index (χ3n) is 4.07. The van der Waals surface area contributed by atoms with Crippen LogP contribution in [0, 0.1) is 5.92 Å². The van der Waals surface area contributed by atoms with Crippen molar-refractivity contribution < 1.29 is 9.53 Å². The van der Waals surface area contributed by atoms with Gasteiger partial charge in [0.2, 0.25) is 5.91 Å². The van der Waals surface area contributed by atoms with E-state index in [0.29, 0.717) is 11.8 Å². The summed E-state index contributed by atoms with van der Waals surface area (Å²) in [6.45, 7) is 3.51. The molecule has 0 aromatic heterocycles. The number of rotatable bonds is 3. The lowest BCUT2D eigenvalue weighted by atomic mass is 10.1. The second-order valence-corrected chi connectivity index (χ2v) is 5.27. The topological polar surface area (TPSA) is 41.6 Å². The fourth-order valence-corrected chi connectivity index (χ4v) is 2.90. The molecule has 19 heavy (non-hydrogen) atoms.